The van der Waals surface area contributed by atoms with Crippen LogP contribution in [0.5, 0.6) is 0 Å². The minimum absolute atomic E-state index is 0.00569. The van der Waals surface area contributed by atoms with E-state index in [4.69, 9.17) is 9.84 Å². The first-order chi connectivity index (χ1) is 9.08. The first kappa shape index (κ1) is 15.9. The Hall–Kier alpha value is -1.14. The van der Waals surface area contributed by atoms with Gasteiger partial charge in [0.2, 0.25) is 5.91 Å². The van der Waals surface area contributed by atoms with Crippen LogP contribution in [0.4, 0.5) is 0 Å². The highest BCUT2D eigenvalue weighted by atomic mass is 16.5. The predicted molar refractivity (Wildman–Crippen MR) is 71.0 cm³/mol. The van der Waals surface area contributed by atoms with Crippen molar-refractivity contribution in [1.82, 2.24) is 10.2 Å². The fourth-order valence-corrected chi connectivity index (χ4v) is 2.13. The average molecular weight is 272 g/mol. The first-order valence-corrected chi connectivity index (χ1v) is 6.89. The molecule has 1 saturated heterocycles. The molecular weight excluding hydrogens is 248 g/mol. The van der Waals surface area contributed by atoms with Gasteiger partial charge in [0.1, 0.15) is 0 Å². The lowest BCUT2D eigenvalue weighted by Gasteiger charge is -2.29. The molecule has 1 aliphatic heterocycles. The molecule has 1 aliphatic rings. The van der Waals surface area contributed by atoms with Crippen molar-refractivity contribution < 1.29 is 19.4 Å². The van der Waals surface area contributed by atoms with Crippen LogP contribution in [0.1, 0.15) is 32.6 Å². The Morgan fingerprint density at radius 1 is 1.26 bits per heavy atom. The lowest BCUT2D eigenvalue weighted by Crippen LogP contribution is -2.45. The number of amides is 1. The van der Waals surface area contributed by atoms with E-state index in [1.807, 2.05) is 6.92 Å². The number of ether oxygens (including phenoxy) is 1. The van der Waals surface area contributed by atoms with E-state index in [0.29, 0.717) is 19.3 Å². The van der Waals surface area contributed by atoms with Crippen LogP contribution in [-0.2, 0) is 14.3 Å². The van der Waals surface area contributed by atoms with Gasteiger partial charge < -0.3 is 15.2 Å². The maximum atomic E-state index is 11.6. The molecule has 1 unspecified atom stereocenters. The maximum Gasteiger partial charge on any atom is 0.303 e. The number of nitrogens with zero attached hydrogens (tertiary/aromatic N) is 1. The first-order valence-electron chi connectivity index (χ1n) is 6.89. The number of aliphatic carboxylic acids is 1. The SMILES string of the molecule is CC(CN1CCOCC1)NC(=O)CCCCC(=O)O. The van der Waals surface area contributed by atoms with Gasteiger partial charge in [0.05, 0.1) is 13.2 Å². The largest absolute Gasteiger partial charge is 0.481 e. The Morgan fingerprint density at radius 3 is 2.53 bits per heavy atom. The van der Waals surface area contributed by atoms with Crippen LogP contribution in [0.3, 0.4) is 0 Å². The number of carbonyl (C=O) groups is 2. The second kappa shape index (κ2) is 8.87. The quantitative estimate of drug-likeness (QED) is 0.628. The molecule has 110 valence electrons. The van der Waals surface area contributed by atoms with Gasteiger partial charge in [-0.15, -0.1) is 0 Å². The topological polar surface area (TPSA) is 78.9 Å². The third-order valence-corrected chi connectivity index (χ3v) is 3.09. The molecule has 0 radical (unpaired) electrons. The number of carboxylic acids is 1. The minimum Gasteiger partial charge on any atom is -0.481 e. The second-order valence-corrected chi connectivity index (χ2v) is 4.98. The molecule has 1 heterocycles. The monoisotopic (exact) mass is 272 g/mol. The van der Waals surface area contributed by atoms with E-state index in [9.17, 15) is 9.59 Å². The molecule has 6 nitrogen and oxygen atoms in total. The lowest BCUT2D eigenvalue weighted by atomic mass is 10.2. The molecule has 0 aromatic carbocycles. The number of unbranched alkanes of at least 4 members (excludes halogenated alkanes) is 1. The van der Waals surface area contributed by atoms with E-state index < -0.39 is 5.97 Å². The summed E-state index contributed by atoms with van der Waals surface area (Å²) in [5.41, 5.74) is 0. The highest BCUT2D eigenvalue weighted by Gasteiger charge is 2.14. The average Bonchev–Trinajstić information content (AvgIpc) is 2.35. The summed E-state index contributed by atoms with van der Waals surface area (Å²) in [4.78, 5) is 24.2. The Bertz CT molecular complexity index is 290. The summed E-state index contributed by atoms with van der Waals surface area (Å²) < 4.78 is 5.27. The highest BCUT2D eigenvalue weighted by molar-refractivity contribution is 5.76. The van der Waals surface area contributed by atoms with Gasteiger partial charge in [0.15, 0.2) is 0 Å². The molecule has 19 heavy (non-hydrogen) atoms. The number of carboxylic acid groups (broad SMARTS) is 1. The Kier molecular flexibility index (Phi) is 7.43. The van der Waals surface area contributed by atoms with Gasteiger partial charge >= 0.3 is 5.97 Å². The summed E-state index contributed by atoms with van der Waals surface area (Å²) in [5, 5.41) is 11.4. The van der Waals surface area contributed by atoms with Gasteiger partial charge in [-0.25, -0.2) is 0 Å². The summed E-state index contributed by atoms with van der Waals surface area (Å²) in [5.74, 6) is -0.799. The van der Waals surface area contributed by atoms with E-state index in [2.05, 4.69) is 10.2 Å². The summed E-state index contributed by atoms with van der Waals surface area (Å²) in [6.45, 7) is 6.18. The molecule has 6 heteroatoms. The fourth-order valence-electron chi connectivity index (χ4n) is 2.13. The van der Waals surface area contributed by atoms with Crippen molar-refractivity contribution in [1.29, 1.82) is 0 Å². The summed E-state index contributed by atoms with van der Waals surface area (Å²) in [7, 11) is 0. The number of rotatable bonds is 8. The molecule has 1 atom stereocenters. The molecule has 0 bridgehead atoms. The van der Waals surface area contributed by atoms with Crippen molar-refractivity contribution in [3.63, 3.8) is 0 Å². The van der Waals surface area contributed by atoms with Crippen LogP contribution in [0.15, 0.2) is 0 Å². The van der Waals surface area contributed by atoms with E-state index >= 15 is 0 Å². The van der Waals surface area contributed by atoms with Crippen LogP contribution in [-0.4, -0.2) is 60.8 Å². The van der Waals surface area contributed by atoms with E-state index in [1.54, 1.807) is 0 Å². The van der Waals surface area contributed by atoms with Gasteiger partial charge in [-0.3, -0.25) is 14.5 Å². The van der Waals surface area contributed by atoms with Crippen molar-refractivity contribution in [3.05, 3.63) is 0 Å². The molecule has 1 fully saturated rings. The zero-order valence-corrected chi connectivity index (χ0v) is 11.6. The number of nitrogens with one attached hydrogen (secondary N) is 1. The summed E-state index contributed by atoms with van der Waals surface area (Å²) >= 11 is 0. The predicted octanol–water partition coefficient (Wildman–Crippen LogP) is 0.468. The van der Waals surface area contributed by atoms with Crippen molar-refractivity contribution in [3.8, 4) is 0 Å². The molecule has 0 aliphatic carbocycles. The molecule has 1 rings (SSSR count). The van der Waals surface area contributed by atoms with Gasteiger partial charge in [0.25, 0.3) is 0 Å². The number of hydrogen-bond donors (Lipinski definition) is 2. The van der Waals surface area contributed by atoms with Crippen LogP contribution in [0, 0.1) is 0 Å². The molecule has 0 saturated carbocycles. The van der Waals surface area contributed by atoms with Crippen LogP contribution in [0.2, 0.25) is 0 Å². The summed E-state index contributed by atoms with van der Waals surface area (Å²) in [6.07, 6.45) is 1.72. The van der Waals surface area contributed by atoms with Crippen LogP contribution >= 0.6 is 0 Å². The van der Waals surface area contributed by atoms with E-state index in [1.165, 1.54) is 0 Å². The third kappa shape index (κ3) is 7.79. The zero-order valence-electron chi connectivity index (χ0n) is 11.6. The lowest BCUT2D eigenvalue weighted by molar-refractivity contribution is -0.137. The highest BCUT2D eigenvalue weighted by Crippen LogP contribution is 2.02. The minimum atomic E-state index is -0.805. The molecule has 0 aromatic rings. The smallest absolute Gasteiger partial charge is 0.303 e. The van der Waals surface area contributed by atoms with Gasteiger partial charge in [-0.05, 0) is 19.8 Å². The van der Waals surface area contributed by atoms with E-state index in [-0.39, 0.29) is 18.4 Å². The van der Waals surface area contributed by atoms with E-state index in [0.717, 1.165) is 32.8 Å². The summed E-state index contributed by atoms with van der Waals surface area (Å²) in [6, 6.07) is 0.116. The molecular formula is C13H24N2O4. The van der Waals surface area contributed by atoms with Gasteiger partial charge in [-0.1, -0.05) is 0 Å². The Morgan fingerprint density at radius 2 is 1.89 bits per heavy atom. The molecule has 0 spiro atoms. The standard InChI is InChI=1S/C13H24N2O4/c1-11(10-15-6-8-19-9-7-15)14-12(16)4-2-3-5-13(17)18/h11H,2-10H2,1H3,(H,14,16)(H,17,18). The Balaban J connectivity index is 2.07. The van der Waals surface area contributed by atoms with Crippen LogP contribution in [0.25, 0.3) is 0 Å². The Labute approximate surface area is 114 Å². The normalized spacial score (nSPS) is 17.9. The molecule has 0 aromatic heterocycles. The number of hydrogen-bond acceptors (Lipinski definition) is 4. The van der Waals surface area contributed by atoms with Crippen molar-refractivity contribution in [2.75, 3.05) is 32.8 Å². The van der Waals surface area contributed by atoms with Crippen LogP contribution < -0.4 is 5.32 Å². The van der Waals surface area contributed by atoms with Gasteiger partial charge in [0, 0.05) is 38.5 Å². The number of morpholine rings is 1. The van der Waals surface area contributed by atoms with Gasteiger partial charge in [-0.2, -0.15) is 0 Å². The zero-order chi connectivity index (χ0) is 14.1. The second-order valence-electron chi connectivity index (χ2n) is 4.98. The fraction of sp³-hybridized carbons (Fsp3) is 0.846. The number of carbonyl (C=O) groups excluding carboxylic acids is 1. The molecule has 1 amide bonds. The molecule has 2 N–H and O–H groups in total. The van der Waals surface area contributed by atoms with Crippen molar-refractivity contribution in [2.45, 2.75) is 38.6 Å². The maximum absolute atomic E-state index is 11.6. The third-order valence-electron chi connectivity index (χ3n) is 3.09. The van der Waals surface area contributed by atoms with Crippen molar-refractivity contribution >= 4 is 11.9 Å². The van der Waals surface area contributed by atoms with Crippen molar-refractivity contribution in [2.24, 2.45) is 0 Å².